The summed E-state index contributed by atoms with van der Waals surface area (Å²) in [5, 5.41) is 0. The Labute approximate surface area is 91.2 Å². The van der Waals surface area contributed by atoms with Crippen LogP contribution < -0.4 is 5.73 Å². The van der Waals surface area contributed by atoms with Gasteiger partial charge in [-0.15, -0.1) is 12.4 Å². The maximum Gasteiger partial charge on any atom is 0.0251 e. The van der Waals surface area contributed by atoms with E-state index in [1.807, 2.05) is 0 Å². The highest BCUT2D eigenvalue weighted by atomic mass is 35.5. The van der Waals surface area contributed by atoms with Gasteiger partial charge in [0.15, 0.2) is 0 Å². The third-order valence-corrected chi connectivity index (χ3v) is 6.77. The van der Waals surface area contributed by atoms with E-state index in [4.69, 9.17) is 5.73 Å². The van der Waals surface area contributed by atoms with Gasteiger partial charge in [-0.05, 0) is 67.1 Å². The Morgan fingerprint density at radius 2 is 1.36 bits per heavy atom. The van der Waals surface area contributed by atoms with Crippen molar-refractivity contribution < 1.29 is 0 Å². The fourth-order valence-corrected chi connectivity index (χ4v) is 7.05. The monoisotopic (exact) mass is 211 g/mol. The van der Waals surface area contributed by atoms with Gasteiger partial charge in [0.25, 0.3) is 0 Å². The number of hydrogen-bond acceptors (Lipinski definition) is 1. The lowest BCUT2D eigenvalue weighted by Crippen LogP contribution is -2.55. The first-order chi connectivity index (χ1) is 6.33. The van der Waals surface area contributed by atoms with Crippen molar-refractivity contribution in [2.75, 3.05) is 0 Å². The normalized spacial score (nSPS) is 74.8. The molecule has 0 saturated heterocycles. The molecule has 2 heteroatoms. The molecule has 0 aromatic heterocycles. The summed E-state index contributed by atoms with van der Waals surface area (Å²) in [6.07, 6.45) is 6.06. The minimum Gasteiger partial charge on any atom is -0.324 e. The van der Waals surface area contributed by atoms with Gasteiger partial charge >= 0.3 is 0 Å². The van der Waals surface area contributed by atoms with Crippen molar-refractivity contribution in [1.29, 1.82) is 0 Å². The van der Waals surface area contributed by atoms with Crippen LogP contribution in [0.25, 0.3) is 0 Å². The molecule has 0 aromatic rings. The average Bonchev–Trinajstić information content (AvgIpc) is 2.79. The van der Waals surface area contributed by atoms with Gasteiger partial charge in [0, 0.05) is 5.54 Å². The fraction of sp³-hybridized carbons (Fsp3) is 1.00. The molecule has 14 heavy (non-hydrogen) atoms. The Morgan fingerprint density at radius 1 is 0.857 bits per heavy atom. The van der Waals surface area contributed by atoms with Crippen molar-refractivity contribution in [2.24, 2.45) is 47.2 Å². The zero-order valence-electron chi connectivity index (χ0n) is 8.36. The van der Waals surface area contributed by atoms with Crippen LogP contribution in [0.15, 0.2) is 0 Å². The molecule has 0 aliphatic heterocycles. The zero-order chi connectivity index (χ0) is 8.37. The molecule has 6 rings (SSSR count). The molecule has 78 valence electrons. The highest BCUT2D eigenvalue weighted by Gasteiger charge is 2.82. The minimum absolute atomic E-state index is 0. The van der Waals surface area contributed by atoms with Crippen LogP contribution in [0.2, 0.25) is 0 Å². The topological polar surface area (TPSA) is 26.0 Å². The van der Waals surface area contributed by atoms with E-state index in [9.17, 15) is 0 Å². The molecule has 6 saturated carbocycles. The fourth-order valence-electron chi connectivity index (χ4n) is 7.05. The first kappa shape index (κ1) is 8.41. The van der Waals surface area contributed by atoms with Crippen molar-refractivity contribution in [3.05, 3.63) is 0 Å². The molecule has 0 amide bonds. The third kappa shape index (κ3) is 0.490. The summed E-state index contributed by atoms with van der Waals surface area (Å²) in [6, 6.07) is 0. The second-order valence-electron chi connectivity index (χ2n) is 6.38. The van der Waals surface area contributed by atoms with E-state index in [1.54, 1.807) is 12.8 Å². The highest BCUT2D eigenvalue weighted by Crippen LogP contribution is 2.82. The molecule has 2 N–H and O–H groups in total. The quantitative estimate of drug-likeness (QED) is 0.652. The summed E-state index contributed by atoms with van der Waals surface area (Å²) in [7, 11) is 0. The van der Waals surface area contributed by atoms with E-state index in [0.717, 1.165) is 41.4 Å². The van der Waals surface area contributed by atoms with Crippen LogP contribution in [0.3, 0.4) is 0 Å². The Bertz CT molecular complexity index is 289. The molecule has 0 heterocycles. The lowest BCUT2D eigenvalue weighted by molar-refractivity contribution is 0.107. The molecule has 6 fully saturated rings. The van der Waals surface area contributed by atoms with E-state index in [0.29, 0.717) is 5.54 Å². The van der Waals surface area contributed by atoms with E-state index in [-0.39, 0.29) is 12.4 Å². The van der Waals surface area contributed by atoms with Crippen LogP contribution in [0.1, 0.15) is 25.7 Å². The SMILES string of the molecule is Cl.NC12C3CCC4C3C3C(CCC31)C42. The van der Waals surface area contributed by atoms with Gasteiger partial charge in [0.1, 0.15) is 0 Å². The molecular formula is C12H18ClN. The Hall–Kier alpha value is 0.250. The van der Waals surface area contributed by atoms with Crippen LogP contribution in [0, 0.1) is 41.4 Å². The maximum atomic E-state index is 6.76. The van der Waals surface area contributed by atoms with E-state index < -0.39 is 0 Å². The maximum absolute atomic E-state index is 6.76. The standard InChI is InChI=1S/C12H17N.ClH/c13-12-7-3-1-5-9(7)10-6(11(5)12)2-4-8(10)12;/h5-11H,1-4,13H2;1H. The van der Waals surface area contributed by atoms with Crippen LogP contribution in [0.4, 0.5) is 0 Å². The van der Waals surface area contributed by atoms with Crippen molar-refractivity contribution in [1.82, 2.24) is 0 Å². The largest absolute Gasteiger partial charge is 0.324 e. The van der Waals surface area contributed by atoms with Gasteiger partial charge in [0.05, 0.1) is 0 Å². The molecule has 6 unspecified atom stereocenters. The summed E-state index contributed by atoms with van der Waals surface area (Å²) < 4.78 is 0. The first-order valence-electron chi connectivity index (χ1n) is 6.12. The molecule has 6 aliphatic carbocycles. The molecule has 0 spiro atoms. The summed E-state index contributed by atoms with van der Waals surface area (Å²) in [6.45, 7) is 0. The third-order valence-electron chi connectivity index (χ3n) is 6.77. The van der Waals surface area contributed by atoms with Crippen molar-refractivity contribution in [3.63, 3.8) is 0 Å². The predicted molar refractivity (Wildman–Crippen MR) is 57.1 cm³/mol. The molecule has 8 bridgehead atoms. The van der Waals surface area contributed by atoms with Gasteiger partial charge in [-0.3, -0.25) is 0 Å². The summed E-state index contributed by atoms with van der Waals surface area (Å²) in [5.74, 6) is 7.39. The van der Waals surface area contributed by atoms with Gasteiger partial charge in [-0.25, -0.2) is 0 Å². The van der Waals surface area contributed by atoms with E-state index in [2.05, 4.69) is 0 Å². The highest BCUT2D eigenvalue weighted by molar-refractivity contribution is 5.85. The lowest BCUT2D eigenvalue weighted by atomic mass is 9.66. The van der Waals surface area contributed by atoms with Gasteiger partial charge in [0.2, 0.25) is 0 Å². The smallest absolute Gasteiger partial charge is 0.0251 e. The second kappa shape index (κ2) is 2.04. The predicted octanol–water partition coefficient (Wildman–Crippen LogP) is 2.05. The van der Waals surface area contributed by atoms with Crippen molar-refractivity contribution in [3.8, 4) is 0 Å². The Morgan fingerprint density at radius 3 is 1.79 bits per heavy atom. The molecule has 1 nitrogen and oxygen atoms in total. The molecular weight excluding hydrogens is 194 g/mol. The van der Waals surface area contributed by atoms with Crippen molar-refractivity contribution >= 4 is 12.4 Å². The van der Waals surface area contributed by atoms with Gasteiger partial charge < -0.3 is 5.73 Å². The number of rotatable bonds is 0. The molecule has 6 atom stereocenters. The summed E-state index contributed by atoms with van der Waals surface area (Å²) in [5.41, 5.74) is 7.13. The zero-order valence-corrected chi connectivity index (χ0v) is 9.17. The molecule has 6 aliphatic rings. The Balaban J connectivity index is 0.000000578. The molecule has 0 aromatic carbocycles. The molecule has 0 radical (unpaired) electrons. The van der Waals surface area contributed by atoms with Crippen molar-refractivity contribution in [2.45, 2.75) is 31.2 Å². The number of halogens is 1. The van der Waals surface area contributed by atoms with Gasteiger partial charge in [-0.2, -0.15) is 0 Å². The summed E-state index contributed by atoms with van der Waals surface area (Å²) in [4.78, 5) is 0. The van der Waals surface area contributed by atoms with E-state index in [1.165, 1.54) is 12.8 Å². The van der Waals surface area contributed by atoms with Crippen LogP contribution in [-0.4, -0.2) is 5.54 Å². The lowest BCUT2D eigenvalue weighted by Gasteiger charge is -2.44. The number of nitrogens with two attached hydrogens (primary N) is 1. The van der Waals surface area contributed by atoms with Crippen LogP contribution in [-0.2, 0) is 0 Å². The number of hydrogen-bond donors (Lipinski definition) is 1. The van der Waals surface area contributed by atoms with E-state index >= 15 is 0 Å². The van der Waals surface area contributed by atoms with Crippen LogP contribution >= 0.6 is 12.4 Å². The first-order valence-corrected chi connectivity index (χ1v) is 6.12. The second-order valence-corrected chi connectivity index (χ2v) is 6.38. The minimum atomic E-state index is 0. The average molecular weight is 212 g/mol. The summed E-state index contributed by atoms with van der Waals surface area (Å²) >= 11 is 0. The van der Waals surface area contributed by atoms with Crippen LogP contribution in [0.5, 0.6) is 0 Å². The van der Waals surface area contributed by atoms with Gasteiger partial charge in [-0.1, -0.05) is 0 Å². The Kier molecular flexibility index (Phi) is 1.22.